The quantitative estimate of drug-likeness (QED) is 0.892. The molecule has 0 spiro atoms. The van der Waals surface area contributed by atoms with Crippen molar-refractivity contribution in [3.63, 3.8) is 0 Å². The molecule has 0 aromatic heterocycles. The lowest BCUT2D eigenvalue weighted by atomic mass is 9.89. The molecule has 1 saturated heterocycles. The summed E-state index contributed by atoms with van der Waals surface area (Å²) in [5, 5.41) is 0. The van der Waals surface area contributed by atoms with E-state index in [0.717, 1.165) is 31.8 Å². The Balaban J connectivity index is 1.99. The van der Waals surface area contributed by atoms with Gasteiger partial charge in [0.1, 0.15) is 5.75 Å². The number of hydrogen-bond donors (Lipinski definition) is 1. The van der Waals surface area contributed by atoms with E-state index in [9.17, 15) is 0 Å². The molecule has 1 heterocycles. The molecule has 2 unspecified atom stereocenters. The molecule has 1 fully saturated rings. The lowest BCUT2D eigenvalue weighted by molar-refractivity contribution is 0.0447. The molecule has 1 aromatic carbocycles. The minimum Gasteiger partial charge on any atom is -0.491 e. The van der Waals surface area contributed by atoms with E-state index in [1.807, 2.05) is 26.0 Å². The molecule has 3 nitrogen and oxygen atoms in total. The van der Waals surface area contributed by atoms with Crippen LogP contribution in [0, 0.1) is 5.92 Å². The van der Waals surface area contributed by atoms with E-state index in [0.29, 0.717) is 5.92 Å². The van der Waals surface area contributed by atoms with Crippen molar-refractivity contribution < 1.29 is 9.47 Å². The second kappa shape index (κ2) is 6.21. The van der Waals surface area contributed by atoms with Crippen molar-refractivity contribution in [1.29, 1.82) is 0 Å². The fourth-order valence-corrected chi connectivity index (χ4v) is 2.36. The summed E-state index contributed by atoms with van der Waals surface area (Å²) in [4.78, 5) is 0. The van der Waals surface area contributed by atoms with Gasteiger partial charge in [0, 0.05) is 18.6 Å². The van der Waals surface area contributed by atoms with Gasteiger partial charge in [0.05, 0.1) is 12.7 Å². The van der Waals surface area contributed by atoms with E-state index in [-0.39, 0.29) is 12.1 Å². The van der Waals surface area contributed by atoms with Crippen molar-refractivity contribution >= 4 is 0 Å². The van der Waals surface area contributed by atoms with Crippen molar-refractivity contribution in [2.75, 3.05) is 13.2 Å². The molecule has 2 atom stereocenters. The minimum atomic E-state index is 0.0680. The van der Waals surface area contributed by atoms with Gasteiger partial charge >= 0.3 is 0 Å². The third-order valence-corrected chi connectivity index (χ3v) is 3.34. The van der Waals surface area contributed by atoms with Crippen LogP contribution in [-0.2, 0) is 4.74 Å². The van der Waals surface area contributed by atoms with Crippen LogP contribution >= 0.6 is 0 Å². The molecule has 0 amide bonds. The Morgan fingerprint density at radius 2 is 2.00 bits per heavy atom. The van der Waals surface area contributed by atoms with E-state index in [4.69, 9.17) is 15.2 Å². The Morgan fingerprint density at radius 3 is 2.56 bits per heavy atom. The summed E-state index contributed by atoms with van der Waals surface area (Å²) >= 11 is 0. The third-order valence-electron chi connectivity index (χ3n) is 3.34. The number of ether oxygens (including phenoxy) is 2. The van der Waals surface area contributed by atoms with Crippen LogP contribution in [0.15, 0.2) is 24.3 Å². The molecule has 0 bridgehead atoms. The average molecular weight is 249 g/mol. The molecule has 1 aliphatic rings. The lowest BCUT2D eigenvalue weighted by Crippen LogP contribution is -2.28. The predicted octanol–water partition coefficient (Wildman–Crippen LogP) is 2.90. The van der Waals surface area contributed by atoms with Gasteiger partial charge in [-0.1, -0.05) is 12.1 Å². The number of nitrogens with two attached hydrogens (primary N) is 1. The molecule has 0 saturated carbocycles. The number of hydrogen-bond acceptors (Lipinski definition) is 3. The van der Waals surface area contributed by atoms with Crippen molar-refractivity contribution in [1.82, 2.24) is 0 Å². The second-order valence-electron chi connectivity index (χ2n) is 5.24. The zero-order valence-corrected chi connectivity index (χ0v) is 11.3. The molecule has 1 aliphatic heterocycles. The number of benzene rings is 1. The van der Waals surface area contributed by atoms with E-state index >= 15 is 0 Å². The van der Waals surface area contributed by atoms with Crippen LogP contribution in [0.4, 0.5) is 0 Å². The highest BCUT2D eigenvalue weighted by molar-refractivity contribution is 5.29. The first-order valence-electron chi connectivity index (χ1n) is 6.77. The molecule has 1 aromatic rings. The van der Waals surface area contributed by atoms with Gasteiger partial charge in [-0.25, -0.2) is 0 Å². The van der Waals surface area contributed by atoms with Gasteiger partial charge < -0.3 is 15.2 Å². The lowest BCUT2D eigenvalue weighted by Gasteiger charge is -2.28. The normalized spacial score (nSPS) is 21.9. The molecule has 0 radical (unpaired) electrons. The first kappa shape index (κ1) is 13.4. The maximum absolute atomic E-state index is 6.30. The van der Waals surface area contributed by atoms with Gasteiger partial charge in [-0.2, -0.15) is 0 Å². The zero-order valence-electron chi connectivity index (χ0n) is 11.3. The summed E-state index contributed by atoms with van der Waals surface area (Å²) in [5.41, 5.74) is 7.47. The van der Waals surface area contributed by atoms with Crippen LogP contribution in [-0.4, -0.2) is 19.3 Å². The Morgan fingerprint density at radius 1 is 1.28 bits per heavy atom. The Kier molecular flexibility index (Phi) is 4.61. The average Bonchev–Trinajstić information content (AvgIpc) is 2.39. The Hall–Kier alpha value is -1.06. The summed E-state index contributed by atoms with van der Waals surface area (Å²) in [6.45, 7) is 5.72. The smallest absolute Gasteiger partial charge is 0.119 e. The van der Waals surface area contributed by atoms with E-state index in [2.05, 4.69) is 12.1 Å². The first-order valence-corrected chi connectivity index (χ1v) is 6.77. The molecule has 18 heavy (non-hydrogen) atoms. The van der Waals surface area contributed by atoms with Crippen molar-refractivity contribution in [3.8, 4) is 5.75 Å². The van der Waals surface area contributed by atoms with Crippen molar-refractivity contribution in [2.45, 2.75) is 38.8 Å². The molecule has 100 valence electrons. The summed E-state index contributed by atoms with van der Waals surface area (Å²) in [6, 6.07) is 8.20. The third kappa shape index (κ3) is 3.47. The maximum Gasteiger partial charge on any atom is 0.119 e. The monoisotopic (exact) mass is 249 g/mol. The van der Waals surface area contributed by atoms with Gasteiger partial charge in [-0.3, -0.25) is 0 Å². The topological polar surface area (TPSA) is 44.5 Å². The van der Waals surface area contributed by atoms with Crippen molar-refractivity contribution in [3.05, 3.63) is 29.8 Å². The van der Waals surface area contributed by atoms with Gasteiger partial charge in [-0.05, 0) is 44.4 Å². The van der Waals surface area contributed by atoms with E-state index < -0.39 is 0 Å². The zero-order chi connectivity index (χ0) is 13.0. The summed E-state index contributed by atoms with van der Waals surface area (Å²) in [6.07, 6.45) is 2.48. The Labute approximate surface area is 109 Å². The maximum atomic E-state index is 6.30. The SMILES string of the molecule is CC(C)Oc1ccc(C(N)C2CCCOC2)cc1. The highest BCUT2D eigenvalue weighted by atomic mass is 16.5. The first-order chi connectivity index (χ1) is 8.66. The van der Waals surface area contributed by atoms with Crippen LogP contribution in [0.5, 0.6) is 5.75 Å². The largest absolute Gasteiger partial charge is 0.491 e. The van der Waals surface area contributed by atoms with Crippen LogP contribution in [0.25, 0.3) is 0 Å². The van der Waals surface area contributed by atoms with Crippen LogP contribution in [0.1, 0.15) is 38.3 Å². The molecule has 0 aliphatic carbocycles. The van der Waals surface area contributed by atoms with Crippen LogP contribution in [0.2, 0.25) is 0 Å². The summed E-state index contributed by atoms with van der Waals surface area (Å²) in [7, 11) is 0. The van der Waals surface area contributed by atoms with E-state index in [1.165, 1.54) is 5.56 Å². The van der Waals surface area contributed by atoms with Gasteiger partial charge in [-0.15, -0.1) is 0 Å². The summed E-state index contributed by atoms with van der Waals surface area (Å²) in [5.74, 6) is 1.34. The predicted molar refractivity (Wildman–Crippen MR) is 72.7 cm³/mol. The molecule has 3 heteroatoms. The number of rotatable bonds is 4. The molecule has 2 N–H and O–H groups in total. The van der Waals surface area contributed by atoms with E-state index in [1.54, 1.807) is 0 Å². The highest BCUT2D eigenvalue weighted by Gasteiger charge is 2.22. The van der Waals surface area contributed by atoms with Crippen molar-refractivity contribution in [2.24, 2.45) is 11.7 Å². The molecular weight excluding hydrogens is 226 g/mol. The Bertz CT molecular complexity index is 355. The van der Waals surface area contributed by atoms with Gasteiger partial charge in [0.25, 0.3) is 0 Å². The standard InChI is InChI=1S/C15H23NO2/c1-11(2)18-14-7-5-12(6-8-14)15(16)13-4-3-9-17-10-13/h5-8,11,13,15H,3-4,9-10,16H2,1-2H3. The fourth-order valence-electron chi connectivity index (χ4n) is 2.36. The second-order valence-corrected chi connectivity index (χ2v) is 5.24. The van der Waals surface area contributed by atoms with Crippen LogP contribution in [0.3, 0.4) is 0 Å². The minimum absolute atomic E-state index is 0.0680. The highest BCUT2D eigenvalue weighted by Crippen LogP contribution is 2.28. The molecular formula is C15H23NO2. The fraction of sp³-hybridized carbons (Fsp3) is 0.600. The van der Waals surface area contributed by atoms with Gasteiger partial charge in [0.2, 0.25) is 0 Å². The van der Waals surface area contributed by atoms with Crippen LogP contribution < -0.4 is 10.5 Å². The molecule has 2 rings (SSSR count). The summed E-state index contributed by atoms with van der Waals surface area (Å²) < 4.78 is 11.1. The van der Waals surface area contributed by atoms with Gasteiger partial charge in [0.15, 0.2) is 0 Å².